The maximum Gasteiger partial charge on any atom is 0.0721 e. The van der Waals surface area contributed by atoms with Gasteiger partial charge < -0.3 is 4.74 Å². The molecule has 0 aliphatic rings. The molecule has 0 radical (unpaired) electrons. The largest absolute Gasteiger partial charge is 0.372 e. The molecule has 0 N–H and O–H groups in total. The maximum atomic E-state index is 5.92. The van der Waals surface area contributed by atoms with Gasteiger partial charge in [0.05, 0.1) is 13.2 Å². The molecular formula is C26H20Br2O. The number of hydrogen-bond acceptors (Lipinski definition) is 1. The van der Waals surface area contributed by atoms with Crippen molar-refractivity contribution in [1.29, 1.82) is 0 Å². The molecule has 0 spiro atoms. The molecule has 0 atom stereocenters. The molecule has 0 fully saturated rings. The van der Waals surface area contributed by atoms with Crippen molar-refractivity contribution in [1.82, 2.24) is 0 Å². The van der Waals surface area contributed by atoms with Crippen LogP contribution in [0.25, 0.3) is 22.3 Å². The van der Waals surface area contributed by atoms with E-state index in [0.717, 1.165) is 8.95 Å². The van der Waals surface area contributed by atoms with Crippen LogP contribution in [0.4, 0.5) is 0 Å². The zero-order chi connectivity index (χ0) is 20.1. The van der Waals surface area contributed by atoms with E-state index in [-0.39, 0.29) is 0 Å². The average Bonchev–Trinajstić information content (AvgIpc) is 2.76. The van der Waals surface area contributed by atoms with Gasteiger partial charge in [-0.3, -0.25) is 0 Å². The molecule has 0 saturated heterocycles. The summed E-state index contributed by atoms with van der Waals surface area (Å²) in [5, 5.41) is 0. The van der Waals surface area contributed by atoms with Gasteiger partial charge in [0.2, 0.25) is 0 Å². The van der Waals surface area contributed by atoms with Crippen LogP contribution in [0.5, 0.6) is 0 Å². The van der Waals surface area contributed by atoms with E-state index in [2.05, 4.69) is 129 Å². The van der Waals surface area contributed by atoms with Gasteiger partial charge in [-0.25, -0.2) is 0 Å². The van der Waals surface area contributed by atoms with E-state index in [1.54, 1.807) is 0 Å². The van der Waals surface area contributed by atoms with Crippen molar-refractivity contribution in [3.05, 3.63) is 117 Å². The van der Waals surface area contributed by atoms with Gasteiger partial charge in [0.15, 0.2) is 0 Å². The van der Waals surface area contributed by atoms with Crippen LogP contribution in [0, 0.1) is 0 Å². The first kappa shape index (κ1) is 20.1. The fourth-order valence-corrected chi connectivity index (χ4v) is 3.69. The Balaban J connectivity index is 1.31. The van der Waals surface area contributed by atoms with Crippen LogP contribution in [-0.2, 0) is 18.0 Å². The van der Waals surface area contributed by atoms with E-state index in [1.165, 1.54) is 33.4 Å². The quantitative estimate of drug-likeness (QED) is 0.255. The predicted octanol–water partition coefficient (Wildman–Crippen LogP) is 8.26. The summed E-state index contributed by atoms with van der Waals surface area (Å²) in [5.74, 6) is 0. The second kappa shape index (κ2) is 9.53. The van der Waals surface area contributed by atoms with Gasteiger partial charge in [0.1, 0.15) is 0 Å². The monoisotopic (exact) mass is 506 g/mol. The van der Waals surface area contributed by atoms with Crippen LogP contribution in [0.3, 0.4) is 0 Å². The molecule has 0 saturated carbocycles. The van der Waals surface area contributed by atoms with E-state index in [1.807, 2.05) is 0 Å². The third kappa shape index (κ3) is 5.45. The van der Waals surface area contributed by atoms with Crippen molar-refractivity contribution in [2.45, 2.75) is 13.2 Å². The van der Waals surface area contributed by atoms with Crippen LogP contribution < -0.4 is 0 Å². The highest BCUT2D eigenvalue weighted by molar-refractivity contribution is 9.10. The van der Waals surface area contributed by atoms with Gasteiger partial charge in [-0.15, -0.1) is 0 Å². The van der Waals surface area contributed by atoms with Crippen LogP contribution in [0.1, 0.15) is 11.1 Å². The van der Waals surface area contributed by atoms with Crippen molar-refractivity contribution in [3.63, 3.8) is 0 Å². The van der Waals surface area contributed by atoms with Gasteiger partial charge in [0.25, 0.3) is 0 Å². The Morgan fingerprint density at radius 1 is 0.414 bits per heavy atom. The van der Waals surface area contributed by atoms with Crippen molar-refractivity contribution in [3.8, 4) is 22.3 Å². The first-order chi connectivity index (χ1) is 14.2. The average molecular weight is 508 g/mol. The molecule has 0 bridgehead atoms. The molecular weight excluding hydrogens is 488 g/mol. The molecule has 144 valence electrons. The highest BCUT2D eigenvalue weighted by atomic mass is 79.9. The second-order valence-corrected chi connectivity index (χ2v) is 8.73. The zero-order valence-corrected chi connectivity index (χ0v) is 19.0. The van der Waals surface area contributed by atoms with Crippen LogP contribution >= 0.6 is 31.9 Å². The maximum absolute atomic E-state index is 5.92. The van der Waals surface area contributed by atoms with Crippen molar-refractivity contribution >= 4 is 31.9 Å². The second-order valence-electron chi connectivity index (χ2n) is 6.90. The molecule has 0 aromatic heterocycles. The van der Waals surface area contributed by atoms with E-state index in [9.17, 15) is 0 Å². The van der Waals surface area contributed by atoms with Crippen molar-refractivity contribution in [2.75, 3.05) is 0 Å². The fourth-order valence-electron chi connectivity index (χ4n) is 3.16. The molecule has 0 amide bonds. The molecule has 29 heavy (non-hydrogen) atoms. The molecule has 0 heterocycles. The Labute approximate surface area is 188 Å². The number of benzene rings is 4. The van der Waals surface area contributed by atoms with Crippen LogP contribution in [0.15, 0.2) is 106 Å². The lowest BCUT2D eigenvalue weighted by atomic mass is 10.0. The number of ether oxygens (including phenoxy) is 1. The first-order valence-corrected chi connectivity index (χ1v) is 11.0. The van der Waals surface area contributed by atoms with Crippen molar-refractivity contribution < 1.29 is 4.74 Å². The molecule has 0 aliphatic heterocycles. The molecule has 3 heteroatoms. The first-order valence-electron chi connectivity index (χ1n) is 9.45. The standard InChI is InChI=1S/C26H20Br2O/c27-25-13-9-23(10-14-25)21-5-1-19(2-6-21)17-29-18-20-3-7-22(8-4-20)24-11-15-26(28)16-12-24/h1-16H,17-18H2. The summed E-state index contributed by atoms with van der Waals surface area (Å²) in [7, 11) is 0. The molecule has 0 unspecified atom stereocenters. The van der Waals surface area contributed by atoms with Gasteiger partial charge in [0, 0.05) is 8.95 Å². The molecule has 4 rings (SSSR count). The Hall–Kier alpha value is -2.20. The van der Waals surface area contributed by atoms with Crippen LogP contribution in [0.2, 0.25) is 0 Å². The zero-order valence-electron chi connectivity index (χ0n) is 15.8. The number of rotatable bonds is 6. The Morgan fingerprint density at radius 3 is 1.00 bits per heavy atom. The lowest BCUT2D eigenvalue weighted by Gasteiger charge is -2.08. The van der Waals surface area contributed by atoms with Gasteiger partial charge >= 0.3 is 0 Å². The van der Waals surface area contributed by atoms with E-state index in [0.29, 0.717) is 13.2 Å². The minimum absolute atomic E-state index is 0.606. The van der Waals surface area contributed by atoms with Crippen molar-refractivity contribution in [2.24, 2.45) is 0 Å². The third-order valence-electron chi connectivity index (χ3n) is 4.80. The minimum Gasteiger partial charge on any atom is -0.372 e. The highest BCUT2D eigenvalue weighted by Crippen LogP contribution is 2.24. The molecule has 4 aromatic carbocycles. The third-order valence-corrected chi connectivity index (χ3v) is 5.86. The van der Waals surface area contributed by atoms with E-state index >= 15 is 0 Å². The predicted molar refractivity (Wildman–Crippen MR) is 128 cm³/mol. The number of halogens is 2. The summed E-state index contributed by atoms with van der Waals surface area (Å²) in [5.41, 5.74) is 7.21. The summed E-state index contributed by atoms with van der Waals surface area (Å²) in [6.45, 7) is 1.21. The topological polar surface area (TPSA) is 9.23 Å². The van der Waals surface area contributed by atoms with Gasteiger partial charge in [-0.05, 0) is 57.6 Å². The van der Waals surface area contributed by atoms with E-state index < -0.39 is 0 Å². The smallest absolute Gasteiger partial charge is 0.0721 e. The summed E-state index contributed by atoms with van der Waals surface area (Å²) in [6.07, 6.45) is 0. The van der Waals surface area contributed by atoms with Crippen LogP contribution in [-0.4, -0.2) is 0 Å². The lowest BCUT2D eigenvalue weighted by molar-refractivity contribution is 0.107. The van der Waals surface area contributed by atoms with Gasteiger partial charge in [-0.2, -0.15) is 0 Å². The molecule has 4 aromatic rings. The summed E-state index contributed by atoms with van der Waals surface area (Å²) < 4.78 is 8.10. The summed E-state index contributed by atoms with van der Waals surface area (Å²) in [4.78, 5) is 0. The summed E-state index contributed by atoms with van der Waals surface area (Å²) in [6, 6.07) is 33.9. The summed E-state index contributed by atoms with van der Waals surface area (Å²) >= 11 is 6.95. The normalized spacial score (nSPS) is 10.8. The molecule has 0 aliphatic carbocycles. The van der Waals surface area contributed by atoms with E-state index in [4.69, 9.17) is 4.74 Å². The Bertz CT molecular complexity index is 963. The fraction of sp³-hybridized carbons (Fsp3) is 0.0769. The number of hydrogen-bond donors (Lipinski definition) is 0. The van der Waals surface area contributed by atoms with Gasteiger partial charge in [-0.1, -0.05) is 105 Å². The highest BCUT2D eigenvalue weighted by Gasteiger charge is 2.01. The SMILES string of the molecule is Brc1ccc(-c2ccc(COCc3ccc(-c4ccc(Br)cc4)cc3)cc2)cc1. The molecule has 1 nitrogen and oxygen atoms in total. The Morgan fingerprint density at radius 2 is 0.690 bits per heavy atom. The minimum atomic E-state index is 0.606. The Kier molecular flexibility index (Phi) is 6.60. The lowest BCUT2D eigenvalue weighted by Crippen LogP contribution is -1.94.